The molecule has 3 rings (SSSR count). The fraction of sp³-hybridized carbons (Fsp3) is 0.353. The Morgan fingerprint density at radius 1 is 1.13 bits per heavy atom. The average molecular weight is 313 g/mol. The van der Waals surface area contributed by atoms with E-state index >= 15 is 0 Å². The predicted octanol–water partition coefficient (Wildman–Crippen LogP) is 2.70. The zero-order valence-electron chi connectivity index (χ0n) is 12.7. The molecule has 120 valence electrons. The van der Waals surface area contributed by atoms with Gasteiger partial charge in [-0.05, 0) is 49.9 Å². The van der Waals surface area contributed by atoms with Crippen LogP contribution >= 0.6 is 0 Å². The number of aromatic nitrogens is 2. The van der Waals surface area contributed by atoms with Crippen LogP contribution in [0.2, 0.25) is 0 Å². The van der Waals surface area contributed by atoms with Crippen molar-refractivity contribution >= 4 is 17.6 Å². The van der Waals surface area contributed by atoms with Gasteiger partial charge >= 0.3 is 5.97 Å². The number of carbonyl (C=O) groups excluding carboxylic acids is 1. The van der Waals surface area contributed by atoms with Crippen LogP contribution in [-0.4, -0.2) is 26.8 Å². The fourth-order valence-corrected chi connectivity index (χ4v) is 2.99. The van der Waals surface area contributed by atoms with Crippen molar-refractivity contribution in [3.8, 4) is 5.69 Å². The molecule has 6 nitrogen and oxygen atoms in total. The van der Waals surface area contributed by atoms with Crippen molar-refractivity contribution in [2.24, 2.45) is 11.8 Å². The van der Waals surface area contributed by atoms with Crippen LogP contribution in [0, 0.1) is 11.8 Å². The van der Waals surface area contributed by atoms with Crippen molar-refractivity contribution in [1.82, 2.24) is 9.78 Å². The Kier molecular flexibility index (Phi) is 4.41. The van der Waals surface area contributed by atoms with Gasteiger partial charge in [0, 0.05) is 24.0 Å². The number of benzene rings is 1. The molecule has 1 heterocycles. The minimum absolute atomic E-state index is 0.0357. The molecule has 1 aliphatic rings. The van der Waals surface area contributed by atoms with Crippen LogP contribution in [0.4, 0.5) is 5.69 Å². The molecule has 1 saturated carbocycles. The average Bonchev–Trinajstić information content (AvgIpc) is 3.10. The Hall–Kier alpha value is -2.63. The standard InChI is InChI=1S/C17H19N3O3/c21-16(12-5-7-13(8-6-12)17(22)23)19-14-3-1-4-15(11-14)20-10-2-9-18-20/h1-4,9-13H,5-8H2,(H,19,21)(H,22,23). The highest BCUT2D eigenvalue weighted by atomic mass is 16.4. The molecule has 1 fully saturated rings. The minimum atomic E-state index is -0.754. The first-order chi connectivity index (χ1) is 11.1. The molecule has 0 aliphatic heterocycles. The fourth-order valence-electron chi connectivity index (χ4n) is 2.99. The highest BCUT2D eigenvalue weighted by Gasteiger charge is 2.29. The Morgan fingerprint density at radius 2 is 1.87 bits per heavy atom. The Bertz CT molecular complexity index is 689. The Balaban J connectivity index is 1.62. The highest BCUT2D eigenvalue weighted by molar-refractivity contribution is 5.93. The largest absolute Gasteiger partial charge is 0.481 e. The van der Waals surface area contributed by atoms with Gasteiger partial charge in [0.15, 0.2) is 0 Å². The first-order valence-electron chi connectivity index (χ1n) is 7.77. The van der Waals surface area contributed by atoms with Crippen molar-refractivity contribution in [3.63, 3.8) is 0 Å². The number of amides is 1. The number of nitrogens with one attached hydrogen (secondary N) is 1. The van der Waals surface area contributed by atoms with Crippen molar-refractivity contribution in [3.05, 3.63) is 42.7 Å². The highest BCUT2D eigenvalue weighted by Crippen LogP contribution is 2.30. The molecule has 1 amide bonds. The lowest BCUT2D eigenvalue weighted by molar-refractivity contribution is -0.143. The van der Waals surface area contributed by atoms with E-state index in [1.54, 1.807) is 10.9 Å². The monoisotopic (exact) mass is 313 g/mol. The van der Waals surface area contributed by atoms with Gasteiger partial charge in [-0.1, -0.05) is 6.07 Å². The number of carboxylic acids is 1. The smallest absolute Gasteiger partial charge is 0.306 e. The second-order valence-electron chi connectivity index (χ2n) is 5.88. The van der Waals surface area contributed by atoms with E-state index in [1.807, 2.05) is 36.5 Å². The summed E-state index contributed by atoms with van der Waals surface area (Å²) >= 11 is 0. The quantitative estimate of drug-likeness (QED) is 0.909. The first kappa shape index (κ1) is 15.3. The number of anilines is 1. The number of carboxylic acid groups (broad SMARTS) is 1. The van der Waals surface area contributed by atoms with E-state index in [4.69, 9.17) is 5.11 Å². The number of aliphatic carboxylic acids is 1. The van der Waals surface area contributed by atoms with Crippen molar-refractivity contribution < 1.29 is 14.7 Å². The lowest BCUT2D eigenvalue weighted by atomic mass is 9.81. The molecule has 2 aromatic rings. The van der Waals surface area contributed by atoms with Gasteiger partial charge in [-0.25, -0.2) is 4.68 Å². The van der Waals surface area contributed by atoms with Crippen LogP contribution in [-0.2, 0) is 9.59 Å². The molecule has 1 aromatic heterocycles. The van der Waals surface area contributed by atoms with Gasteiger partial charge < -0.3 is 10.4 Å². The van der Waals surface area contributed by atoms with E-state index in [1.165, 1.54) is 0 Å². The third kappa shape index (κ3) is 3.59. The van der Waals surface area contributed by atoms with Gasteiger partial charge in [0.25, 0.3) is 0 Å². The van der Waals surface area contributed by atoms with Gasteiger partial charge in [-0.15, -0.1) is 0 Å². The van der Waals surface area contributed by atoms with E-state index in [-0.39, 0.29) is 17.7 Å². The zero-order chi connectivity index (χ0) is 16.2. The summed E-state index contributed by atoms with van der Waals surface area (Å²) in [7, 11) is 0. The molecule has 2 N–H and O–H groups in total. The molecule has 0 unspecified atom stereocenters. The van der Waals surface area contributed by atoms with Crippen molar-refractivity contribution in [2.45, 2.75) is 25.7 Å². The molecule has 23 heavy (non-hydrogen) atoms. The van der Waals surface area contributed by atoms with Gasteiger partial charge in [-0.3, -0.25) is 9.59 Å². The molecule has 0 atom stereocenters. The molecule has 0 saturated heterocycles. The van der Waals surface area contributed by atoms with Gasteiger partial charge in [0.05, 0.1) is 11.6 Å². The number of rotatable bonds is 4. The summed E-state index contributed by atoms with van der Waals surface area (Å²) in [4.78, 5) is 23.3. The molecule has 0 radical (unpaired) electrons. The summed E-state index contributed by atoms with van der Waals surface area (Å²) < 4.78 is 1.73. The van der Waals surface area contributed by atoms with Gasteiger partial charge in [-0.2, -0.15) is 5.10 Å². The molecule has 1 aromatic carbocycles. The molecular formula is C17H19N3O3. The Labute approximate surface area is 134 Å². The maximum atomic E-state index is 12.4. The number of nitrogens with zero attached hydrogens (tertiary/aromatic N) is 2. The number of hydrogen-bond acceptors (Lipinski definition) is 3. The van der Waals surface area contributed by atoms with E-state index in [2.05, 4.69) is 10.4 Å². The topological polar surface area (TPSA) is 84.2 Å². The minimum Gasteiger partial charge on any atom is -0.481 e. The summed E-state index contributed by atoms with van der Waals surface area (Å²) in [5, 5.41) is 16.1. The lowest BCUT2D eigenvalue weighted by Gasteiger charge is -2.25. The van der Waals surface area contributed by atoms with Crippen LogP contribution in [0.15, 0.2) is 42.7 Å². The summed E-state index contributed by atoms with van der Waals surface area (Å²) in [5.41, 5.74) is 1.60. The summed E-state index contributed by atoms with van der Waals surface area (Å²) in [5.74, 6) is -1.21. The van der Waals surface area contributed by atoms with Crippen molar-refractivity contribution in [2.75, 3.05) is 5.32 Å². The maximum Gasteiger partial charge on any atom is 0.306 e. The van der Waals surface area contributed by atoms with E-state index in [9.17, 15) is 9.59 Å². The molecule has 0 bridgehead atoms. The zero-order valence-corrected chi connectivity index (χ0v) is 12.7. The SMILES string of the molecule is O=C(O)C1CCC(C(=O)Nc2cccc(-n3cccn3)c2)CC1. The summed E-state index contributed by atoms with van der Waals surface area (Å²) in [6.45, 7) is 0. The predicted molar refractivity (Wildman–Crippen MR) is 85.3 cm³/mol. The van der Waals surface area contributed by atoms with Crippen LogP contribution < -0.4 is 5.32 Å². The molecule has 1 aliphatic carbocycles. The van der Waals surface area contributed by atoms with E-state index in [0.717, 1.165) is 11.4 Å². The molecule has 0 spiro atoms. The van der Waals surface area contributed by atoms with Crippen molar-refractivity contribution in [1.29, 1.82) is 0 Å². The molecule has 6 heteroatoms. The van der Waals surface area contributed by atoms with Crippen LogP contribution in [0.25, 0.3) is 5.69 Å². The van der Waals surface area contributed by atoms with E-state index < -0.39 is 5.97 Å². The van der Waals surface area contributed by atoms with Gasteiger partial charge in [0.2, 0.25) is 5.91 Å². The lowest BCUT2D eigenvalue weighted by Crippen LogP contribution is -2.29. The number of carbonyl (C=O) groups is 2. The maximum absolute atomic E-state index is 12.4. The second-order valence-corrected chi connectivity index (χ2v) is 5.88. The van der Waals surface area contributed by atoms with Gasteiger partial charge in [0.1, 0.15) is 0 Å². The second kappa shape index (κ2) is 6.64. The van der Waals surface area contributed by atoms with Crippen LogP contribution in [0.1, 0.15) is 25.7 Å². The molecular weight excluding hydrogens is 294 g/mol. The number of hydrogen-bond donors (Lipinski definition) is 2. The first-order valence-corrected chi connectivity index (χ1v) is 7.77. The third-order valence-electron chi connectivity index (χ3n) is 4.33. The summed E-state index contributed by atoms with van der Waals surface area (Å²) in [6, 6.07) is 9.34. The van der Waals surface area contributed by atoms with Crippen LogP contribution in [0.3, 0.4) is 0 Å². The van der Waals surface area contributed by atoms with Crippen LogP contribution in [0.5, 0.6) is 0 Å². The normalized spacial score (nSPS) is 20.9. The third-order valence-corrected chi connectivity index (χ3v) is 4.33. The van der Waals surface area contributed by atoms with E-state index in [0.29, 0.717) is 25.7 Å². The Morgan fingerprint density at radius 3 is 2.52 bits per heavy atom. The summed E-state index contributed by atoms with van der Waals surface area (Å²) in [6.07, 6.45) is 5.94.